The van der Waals surface area contributed by atoms with Gasteiger partial charge in [-0.05, 0) is 112 Å². The van der Waals surface area contributed by atoms with Crippen molar-refractivity contribution in [2.75, 3.05) is 0 Å². The first-order chi connectivity index (χ1) is 15.9. The van der Waals surface area contributed by atoms with Crippen LogP contribution in [0.4, 0.5) is 0 Å². The highest BCUT2D eigenvalue weighted by atomic mass is 32.2. The molecule has 2 unspecified atom stereocenters. The molecule has 2 nitrogen and oxygen atoms in total. The maximum absolute atomic E-state index is 10.1. The van der Waals surface area contributed by atoms with Crippen LogP contribution in [0.25, 0.3) is 0 Å². The topological polar surface area (TPSA) is 40.5 Å². The van der Waals surface area contributed by atoms with Crippen LogP contribution in [0.5, 0.6) is 0 Å². The highest BCUT2D eigenvalue weighted by Gasteiger charge is 2.08. The fourth-order valence-electron chi connectivity index (χ4n) is 4.39. The van der Waals surface area contributed by atoms with Gasteiger partial charge in [0.05, 0.1) is 12.2 Å². The highest BCUT2D eigenvalue weighted by molar-refractivity contribution is 7.99. The smallest absolute Gasteiger partial charge is 0.0540 e. The summed E-state index contributed by atoms with van der Waals surface area (Å²) in [5.74, 6) is 0. The van der Waals surface area contributed by atoms with E-state index in [0.717, 1.165) is 77.0 Å². The zero-order valence-corrected chi connectivity index (χ0v) is 22.2. The SMILES string of the molecule is CCCCC(O)CCCc1ccc(Sc2ccc(CCCC(O)CCCC)c(C)c2)cc1C. The average molecular weight is 471 g/mol. The lowest BCUT2D eigenvalue weighted by Gasteiger charge is -2.13. The molecular formula is C30H46O2S. The van der Waals surface area contributed by atoms with Crippen LogP contribution < -0.4 is 0 Å². The quantitative estimate of drug-likeness (QED) is 0.260. The minimum absolute atomic E-state index is 0.141. The molecule has 0 spiro atoms. The van der Waals surface area contributed by atoms with Crippen molar-refractivity contribution in [1.29, 1.82) is 0 Å². The molecular weight excluding hydrogens is 424 g/mol. The van der Waals surface area contributed by atoms with Gasteiger partial charge in [0.15, 0.2) is 0 Å². The molecule has 3 heteroatoms. The largest absolute Gasteiger partial charge is 0.393 e. The third-order valence-corrected chi connectivity index (χ3v) is 7.59. The molecule has 0 fully saturated rings. The lowest BCUT2D eigenvalue weighted by molar-refractivity contribution is 0.149. The summed E-state index contributed by atoms with van der Waals surface area (Å²) < 4.78 is 0. The van der Waals surface area contributed by atoms with Gasteiger partial charge in [-0.3, -0.25) is 0 Å². The molecule has 0 heterocycles. The number of aliphatic hydroxyl groups excluding tert-OH is 2. The number of unbranched alkanes of at least 4 members (excludes halogenated alkanes) is 2. The fraction of sp³-hybridized carbons (Fsp3) is 0.600. The number of hydrogen-bond acceptors (Lipinski definition) is 3. The summed E-state index contributed by atoms with van der Waals surface area (Å²) in [6, 6.07) is 13.6. The van der Waals surface area contributed by atoms with Crippen molar-refractivity contribution >= 4 is 11.8 Å². The summed E-state index contributed by atoms with van der Waals surface area (Å²) in [5.41, 5.74) is 5.49. The molecule has 2 N–H and O–H groups in total. The van der Waals surface area contributed by atoms with Crippen LogP contribution in [0.15, 0.2) is 46.2 Å². The standard InChI is InChI=1S/C30H46O2S/c1-5-7-13-27(31)15-9-11-25-17-19-29(21-23(25)3)33-30-20-18-26(24(4)22-30)12-10-16-28(32)14-8-6-2/h17-22,27-28,31-32H,5-16H2,1-4H3. The van der Waals surface area contributed by atoms with Crippen molar-refractivity contribution < 1.29 is 10.2 Å². The van der Waals surface area contributed by atoms with Gasteiger partial charge in [0, 0.05) is 9.79 Å². The minimum atomic E-state index is -0.141. The van der Waals surface area contributed by atoms with Gasteiger partial charge >= 0.3 is 0 Å². The molecule has 184 valence electrons. The van der Waals surface area contributed by atoms with Gasteiger partial charge in [-0.1, -0.05) is 63.4 Å². The molecule has 0 aliphatic carbocycles. The fourth-order valence-corrected chi connectivity index (χ4v) is 5.40. The zero-order valence-electron chi connectivity index (χ0n) is 21.4. The van der Waals surface area contributed by atoms with Gasteiger partial charge in [-0.25, -0.2) is 0 Å². The maximum Gasteiger partial charge on any atom is 0.0540 e. The van der Waals surface area contributed by atoms with E-state index in [-0.39, 0.29) is 12.2 Å². The second-order valence-electron chi connectivity index (χ2n) is 9.66. The van der Waals surface area contributed by atoms with Gasteiger partial charge in [0.25, 0.3) is 0 Å². The van der Waals surface area contributed by atoms with Crippen molar-refractivity contribution in [3.8, 4) is 0 Å². The predicted octanol–water partition coefficient (Wildman–Crippen LogP) is 8.20. The summed E-state index contributed by atoms with van der Waals surface area (Å²) in [5, 5.41) is 20.1. The van der Waals surface area contributed by atoms with E-state index in [1.165, 1.54) is 32.0 Å². The van der Waals surface area contributed by atoms with E-state index in [2.05, 4.69) is 64.1 Å². The molecule has 0 radical (unpaired) electrons. The Morgan fingerprint density at radius 1 is 0.636 bits per heavy atom. The van der Waals surface area contributed by atoms with Crippen LogP contribution in [0.3, 0.4) is 0 Å². The van der Waals surface area contributed by atoms with Crippen LogP contribution in [0, 0.1) is 13.8 Å². The lowest BCUT2D eigenvalue weighted by atomic mass is 10.00. The molecule has 0 bridgehead atoms. The molecule has 0 saturated carbocycles. The Morgan fingerprint density at radius 2 is 1.03 bits per heavy atom. The van der Waals surface area contributed by atoms with Crippen molar-refractivity contribution in [3.05, 3.63) is 58.7 Å². The highest BCUT2D eigenvalue weighted by Crippen LogP contribution is 2.31. The van der Waals surface area contributed by atoms with Crippen LogP contribution in [0.2, 0.25) is 0 Å². The zero-order chi connectivity index (χ0) is 24.1. The Balaban J connectivity index is 1.83. The minimum Gasteiger partial charge on any atom is -0.393 e. The average Bonchev–Trinajstić information content (AvgIpc) is 2.79. The number of benzene rings is 2. The monoisotopic (exact) mass is 470 g/mol. The van der Waals surface area contributed by atoms with E-state index in [4.69, 9.17) is 0 Å². The van der Waals surface area contributed by atoms with Gasteiger partial charge in [-0.15, -0.1) is 0 Å². The molecule has 0 aliphatic rings. The van der Waals surface area contributed by atoms with Crippen molar-refractivity contribution in [2.24, 2.45) is 0 Å². The third-order valence-electron chi connectivity index (χ3n) is 6.61. The molecule has 0 aromatic heterocycles. The van der Waals surface area contributed by atoms with E-state index >= 15 is 0 Å². The summed E-state index contributed by atoms with van der Waals surface area (Å²) >= 11 is 1.83. The Labute approximate surface area is 207 Å². The van der Waals surface area contributed by atoms with E-state index in [9.17, 15) is 10.2 Å². The van der Waals surface area contributed by atoms with E-state index in [0.29, 0.717) is 0 Å². The first-order valence-electron chi connectivity index (χ1n) is 13.2. The predicted molar refractivity (Wildman–Crippen MR) is 143 cm³/mol. The molecule has 0 aliphatic heterocycles. The van der Waals surface area contributed by atoms with E-state index in [1.54, 1.807) is 0 Å². The Kier molecular flexibility index (Phi) is 13.2. The van der Waals surface area contributed by atoms with Crippen LogP contribution in [-0.2, 0) is 12.8 Å². The summed E-state index contributed by atoms with van der Waals surface area (Å²) in [4.78, 5) is 2.57. The molecule has 0 saturated heterocycles. The van der Waals surface area contributed by atoms with Gasteiger partial charge in [0.1, 0.15) is 0 Å². The van der Waals surface area contributed by atoms with Gasteiger partial charge in [-0.2, -0.15) is 0 Å². The molecule has 2 aromatic carbocycles. The second kappa shape index (κ2) is 15.6. The van der Waals surface area contributed by atoms with Gasteiger partial charge in [0.2, 0.25) is 0 Å². The van der Waals surface area contributed by atoms with E-state index < -0.39 is 0 Å². The van der Waals surface area contributed by atoms with Crippen LogP contribution in [0.1, 0.15) is 100 Å². The Morgan fingerprint density at radius 3 is 1.39 bits per heavy atom. The van der Waals surface area contributed by atoms with Crippen LogP contribution >= 0.6 is 11.8 Å². The Hall–Kier alpha value is -1.29. The number of hydrogen-bond donors (Lipinski definition) is 2. The van der Waals surface area contributed by atoms with Crippen molar-refractivity contribution in [3.63, 3.8) is 0 Å². The first kappa shape index (κ1) is 28.0. The molecule has 0 amide bonds. The Bertz CT molecular complexity index is 749. The lowest BCUT2D eigenvalue weighted by Crippen LogP contribution is -2.06. The molecule has 2 aromatic rings. The van der Waals surface area contributed by atoms with Gasteiger partial charge < -0.3 is 10.2 Å². The number of rotatable bonds is 16. The second-order valence-corrected chi connectivity index (χ2v) is 10.8. The molecule has 33 heavy (non-hydrogen) atoms. The molecule has 2 rings (SSSR count). The normalized spacial score (nSPS) is 13.3. The summed E-state index contributed by atoms with van der Waals surface area (Å²) in [7, 11) is 0. The maximum atomic E-state index is 10.1. The third kappa shape index (κ3) is 10.7. The number of aliphatic hydroxyl groups is 2. The van der Waals surface area contributed by atoms with E-state index in [1.807, 2.05) is 11.8 Å². The number of aryl methyl sites for hydroxylation is 4. The first-order valence-corrected chi connectivity index (χ1v) is 14.0. The molecule has 2 atom stereocenters. The summed E-state index contributed by atoms with van der Waals surface area (Å²) in [6.07, 6.45) is 12.1. The van der Waals surface area contributed by atoms with Crippen molar-refractivity contribution in [2.45, 2.75) is 127 Å². The summed E-state index contributed by atoms with van der Waals surface area (Å²) in [6.45, 7) is 8.76. The van der Waals surface area contributed by atoms with Crippen LogP contribution in [-0.4, -0.2) is 22.4 Å². The van der Waals surface area contributed by atoms with Crippen molar-refractivity contribution in [1.82, 2.24) is 0 Å².